The van der Waals surface area contributed by atoms with Crippen LogP contribution >= 0.6 is 15.9 Å². The number of nitrogens with zero attached hydrogens (tertiary/aromatic N) is 1. The molecule has 0 atom stereocenters. The summed E-state index contributed by atoms with van der Waals surface area (Å²) in [6, 6.07) is 6.48. The van der Waals surface area contributed by atoms with Gasteiger partial charge in [0.15, 0.2) is 0 Å². The Bertz CT molecular complexity index is 760. The van der Waals surface area contributed by atoms with Crippen LogP contribution in [-0.2, 0) is 10.0 Å². The minimum Gasteiger partial charge on any atom is -0.398 e. The number of aryl methyl sites for hydroxylation is 2. The molecule has 0 aliphatic heterocycles. The van der Waals surface area contributed by atoms with E-state index in [1.807, 2.05) is 13.8 Å². The van der Waals surface area contributed by atoms with Crippen LogP contribution in [0.2, 0.25) is 0 Å². The number of nitrogens with two attached hydrogens (primary N) is 1. The lowest BCUT2D eigenvalue weighted by Crippen LogP contribution is -2.15. The van der Waals surface area contributed by atoms with Gasteiger partial charge in [-0.3, -0.25) is 4.72 Å². The second kappa shape index (κ2) is 5.41. The number of anilines is 2. The first-order chi connectivity index (χ1) is 9.31. The van der Waals surface area contributed by atoms with E-state index in [2.05, 4.69) is 25.6 Å². The third-order valence-electron chi connectivity index (χ3n) is 2.92. The fourth-order valence-corrected chi connectivity index (χ4v) is 3.45. The molecule has 3 N–H and O–H groups in total. The lowest BCUT2D eigenvalue weighted by Gasteiger charge is -2.12. The number of sulfonamides is 1. The Labute approximate surface area is 126 Å². The number of pyridine rings is 1. The lowest BCUT2D eigenvalue weighted by atomic mass is 10.1. The van der Waals surface area contributed by atoms with Crippen molar-refractivity contribution in [2.24, 2.45) is 0 Å². The van der Waals surface area contributed by atoms with E-state index in [1.165, 1.54) is 0 Å². The molecule has 20 heavy (non-hydrogen) atoms. The molecule has 1 aromatic carbocycles. The van der Waals surface area contributed by atoms with E-state index in [-0.39, 0.29) is 10.6 Å². The molecule has 0 saturated heterocycles. The van der Waals surface area contributed by atoms with Gasteiger partial charge in [0.25, 0.3) is 10.0 Å². The predicted octanol–water partition coefficient (Wildman–Crippen LogP) is 2.84. The maximum Gasteiger partial charge on any atom is 0.264 e. The van der Waals surface area contributed by atoms with Crippen molar-refractivity contribution in [3.63, 3.8) is 0 Å². The minimum absolute atomic E-state index is 0.0661. The van der Waals surface area contributed by atoms with Crippen molar-refractivity contribution in [1.82, 2.24) is 4.98 Å². The largest absolute Gasteiger partial charge is 0.398 e. The lowest BCUT2D eigenvalue weighted by molar-refractivity contribution is 0.601. The number of benzene rings is 1. The van der Waals surface area contributed by atoms with E-state index in [0.717, 1.165) is 11.1 Å². The number of halogens is 1. The average Bonchev–Trinajstić information content (AvgIpc) is 2.36. The van der Waals surface area contributed by atoms with Crippen LogP contribution in [0.15, 0.2) is 40.0 Å². The quantitative estimate of drug-likeness (QED) is 0.654. The normalized spacial score (nSPS) is 11.3. The molecule has 0 bridgehead atoms. The number of aromatic nitrogens is 1. The highest BCUT2D eigenvalue weighted by Crippen LogP contribution is 2.27. The molecule has 0 spiro atoms. The number of rotatable bonds is 3. The van der Waals surface area contributed by atoms with Gasteiger partial charge in [0.05, 0.1) is 11.4 Å². The molecule has 0 aliphatic carbocycles. The van der Waals surface area contributed by atoms with Crippen LogP contribution < -0.4 is 10.5 Å². The molecular formula is C13H14BrN3O2S. The summed E-state index contributed by atoms with van der Waals surface area (Å²) in [5.41, 5.74) is 8.22. The van der Waals surface area contributed by atoms with Crippen LogP contribution in [0.4, 0.5) is 11.4 Å². The number of nitrogens with one attached hydrogen (secondary N) is 1. The van der Waals surface area contributed by atoms with Crippen molar-refractivity contribution < 1.29 is 8.42 Å². The molecule has 5 nitrogen and oxygen atoms in total. The predicted molar refractivity (Wildman–Crippen MR) is 83.1 cm³/mol. The second-order valence-corrected chi connectivity index (χ2v) is 6.82. The monoisotopic (exact) mass is 355 g/mol. The second-order valence-electron chi connectivity index (χ2n) is 4.42. The summed E-state index contributed by atoms with van der Waals surface area (Å²) in [5.74, 6) is 0. The molecule has 7 heteroatoms. The van der Waals surface area contributed by atoms with Gasteiger partial charge in [0, 0.05) is 6.20 Å². The Morgan fingerprint density at radius 2 is 1.90 bits per heavy atom. The van der Waals surface area contributed by atoms with Gasteiger partial charge in [-0.15, -0.1) is 0 Å². The van der Waals surface area contributed by atoms with Crippen molar-refractivity contribution in [2.45, 2.75) is 18.7 Å². The molecule has 2 aromatic rings. The maximum atomic E-state index is 12.4. The topological polar surface area (TPSA) is 85.1 Å². The Morgan fingerprint density at radius 1 is 1.25 bits per heavy atom. The summed E-state index contributed by atoms with van der Waals surface area (Å²) < 4.78 is 27.7. The fourth-order valence-electron chi connectivity index (χ4n) is 1.71. The van der Waals surface area contributed by atoms with Gasteiger partial charge in [-0.05, 0) is 65.2 Å². The van der Waals surface area contributed by atoms with Gasteiger partial charge >= 0.3 is 0 Å². The molecule has 0 aliphatic rings. The Hall–Kier alpha value is -1.60. The first-order valence-electron chi connectivity index (χ1n) is 5.81. The van der Waals surface area contributed by atoms with Gasteiger partial charge < -0.3 is 5.73 Å². The third-order valence-corrected chi connectivity index (χ3v) is 4.97. The summed E-state index contributed by atoms with van der Waals surface area (Å²) in [6.45, 7) is 3.72. The van der Waals surface area contributed by atoms with Gasteiger partial charge in [0.2, 0.25) is 0 Å². The first-order valence-corrected chi connectivity index (χ1v) is 8.09. The molecular weight excluding hydrogens is 342 g/mol. The highest BCUT2D eigenvalue weighted by molar-refractivity contribution is 9.10. The molecule has 0 unspecified atom stereocenters. The van der Waals surface area contributed by atoms with E-state index < -0.39 is 10.0 Å². The Balaban J connectivity index is 2.47. The van der Waals surface area contributed by atoms with Crippen LogP contribution in [-0.4, -0.2) is 13.4 Å². The highest BCUT2D eigenvalue weighted by atomic mass is 79.9. The number of hydrogen-bond donors (Lipinski definition) is 2. The third kappa shape index (κ3) is 2.94. The molecule has 106 valence electrons. The molecule has 2 rings (SSSR count). The van der Waals surface area contributed by atoms with E-state index in [0.29, 0.717) is 10.3 Å². The molecule has 1 heterocycles. The number of hydrogen-bond acceptors (Lipinski definition) is 4. The molecule has 0 fully saturated rings. The molecule has 0 saturated carbocycles. The van der Waals surface area contributed by atoms with E-state index >= 15 is 0 Å². The summed E-state index contributed by atoms with van der Waals surface area (Å²) in [5, 5.41) is 0. The van der Waals surface area contributed by atoms with Crippen LogP contribution in [0.25, 0.3) is 0 Å². The smallest absolute Gasteiger partial charge is 0.264 e. The van der Waals surface area contributed by atoms with Crippen molar-refractivity contribution >= 4 is 37.3 Å². The van der Waals surface area contributed by atoms with Crippen molar-refractivity contribution in [3.8, 4) is 0 Å². The van der Waals surface area contributed by atoms with Crippen molar-refractivity contribution in [1.29, 1.82) is 0 Å². The molecule has 0 amide bonds. The standard InChI is InChI=1S/C13H14BrN3O2S/c1-8-6-10(15)12(7-9(8)2)20(18,19)17-11-4-3-5-16-13(11)14/h3-7,17H,15H2,1-2H3. The fraction of sp³-hybridized carbons (Fsp3) is 0.154. The van der Waals surface area contributed by atoms with Crippen LogP contribution in [0.3, 0.4) is 0 Å². The first kappa shape index (κ1) is 14.8. The van der Waals surface area contributed by atoms with Crippen LogP contribution in [0, 0.1) is 13.8 Å². The highest BCUT2D eigenvalue weighted by Gasteiger charge is 2.19. The summed E-state index contributed by atoms with van der Waals surface area (Å²) in [7, 11) is -3.75. The Morgan fingerprint density at radius 3 is 2.55 bits per heavy atom. The number of nitrogen functional groups attached to an aromatic ring is 1. The molecule has 1 aromatic heterocycles. The Kier molecular flexibility index (Phi) is 4.01. The SMILES string of the molecule is Cc1cc(N)c(S(=O)(=O)Nc2cccnc2Br)cc1C. The molecule has 0 radical (unpaired) electrons. The van der Waals surface area contributed by atoms with E-state index in [4.69, 9.17) is 5.73 Å². The van der Waals surface area contributed by atoms with Crippen LogP contribution in [0.1, 0.15) is 11.1 Å². The zero-order valence-corrected chi connectivity index (χ0v) is 13.4. The van der Waals surface area contributed by atoms with Crippen molar-refractivity contribution in [2.75, 3.05) is 10.5 Å². The maximum absolute atomic E-state index is 12.4. The van der Waals surface area contributed by atoms with Crippen LogP contribution in [0.5, 0.6) is 0 Å². The van der Waals surface area contributed by atoms with Gasteiger partial charge in [0.1, 0.15) is 9.50 Å². The van der Waals surface area contributed by atoms with E-state index in [1.54, 1.807) is 30.5 Å². The minimum atomic E-state index is -3.75. The summed E-state index contributed by atoms with van der Waals surface area (Å²) >= 11 is 3.20. The zero-order chi connectivity index (χ0) is 14.9. The van der Waals surface area contributed by atoms with Crippen molar-refractivity contribution in [3.05, 3.63) is 46.2 Å². The van der Waals surface area contributed by atoms with Gasteiger partial charge in [-0.1, -0.05) is 0 Å². The summed E-state index contributed by atoms with van der Waals surface area (Å²) in [4.78, 5) is 4.04. The van der Waals surface area contributed by atoms with Gasteiger partial charge in [-0.25, -0.2) is 13.4 Å². The summed E-state index contributed by atoms with van der Waals surface area (Å²) in [6.07, 6.45) is 1.56. The van der Waals surface area contributed by atoms with Gasteiger partial charge in [-0.2, -0.15) is 0 Å². The zero-order valence-electron chi connectivity index (χ0n) is 11.0. The average molecular weight is 356 g/mol. The van der Waals surface area contributed by atoms with E-state index in [9.17, 15) is 8.42 Å².